The van der Waals surface area contributed by atoms with Crippen molar-refractivity contribution in [1.29, 1.82) is 5.26 Å². The fourth-order valence-corrected chi connectivity index (χ4v) is 2.67. The van der Waals surface area contributed by atoms with Crippen molar-refractivity contribution in [1.82, 2.24) is 14.9 Å². The summed E-state index contributed by atoms with van der Waals surface area (Å²) in [5, 5.41) is 12.9. The molecule has 1 aromatic rings. The third-order valence-corrected chi connectivity index (χ3v) is 3.75. The molecule has 1 aliphatic carbocycles. The average Bonchev–Trinajstić information content (AvgIpc) is 3.05. The van der Waals surface area contributed by atoms with Crippen LogP contribution in [0.4, 0.5) is 0 Å². The summed E-state index contributed by atoms with van der Waals surface area (Å²) in [6.07, 6.45) is 9.21. The minimum Gasteiger partial charge on any atom is -0.332 e. The second-order valence-corrected chi connectivity index (χ2v) is 5.92. The number of imidazole rings is 1. The van der Waals surface area contributed by atoms with Gasteiger partial charge in [-0.1, -0.05) is 6.92 Å². The van der Waals surface area contributed by atoms with E-state index in [1.54, 1.807) is 0 Å². The van der Waals surface area contributed by atoms with E-state index in [9.17, 15) is 5.26 Å². The van der Waals surface area contributed by atoms with E-state index in [1.165, 1.54) is 12.8 Å². The molecule has 2 unspecified atom stereocenters. The maximum Gasteiger partial charge on any atom is 0.108 e. The van der Waals surface area contributed by atoms with Crippen molar-refractivity contribution < 1.29 is 0 Å². The molecule has 0 radical (unpaired) electrons. The molecule has 0 aliphatic heterocycles. The van der Waals surface area contributed by atoms with Crippen LogP contribution < -0.4 is 5.32 Å². The quantitative estimate of drug-likeness (QED) is 0.820. The summed E-state index contributed by atoms with van der Waals surface area (Å²) < 4.78 is 2.22. The predicted molar refractivity (Wildman–Crippen MR) is 75.7 cm³/mol. The van der Waals surface area contributed by atoms with Crippen LogP contribution in [0.5, 0.6) is 0 Å². The van der Waals surface area contributed by atoms with Gasteiger partial charge in [0.15, 0.2) is 0 Å². The Labute approximate surface area is 115 Å². The first-order valence-corrected chi connectivity index (χ1v) is 7.28. The van der Waals surface area contributed by atoms with Gasteiger partial charge < -0.3 is 4.57 Å². The van der Waals surface area contributed by atoms with Crippen molar-refractivity contribution in [2.45, 2.75) is 70.5 Å². The van der Waals surface area contributed by atoms with E-state index in [4.69, 9.17) is 0 Å². The highest BCUT2D eigenvalue weighted by atomic mass is 15.1. The Hall–Kier alpha value is -1.34. The van der Waals surface area contributed by atoms with Crippen molar-refractivity contribution in [2.75, 3.05) is 0 Å². The smallest absolute Gasteiger partial charge is 0.108 e. The van der Waals surface area contributed by atoms with Gasteiger partial charge in [-0.15, -0.1) is 0 Å². The second kappa shape index (κ2) is 5.75. The Kier molecular flexibility index (Phi) is 4.26. The second-order valence-electron chi connectivity index (χ2n) is 5.92. The van der Waals surface area contributed by atoms with Gasteiger partial charge in [-0.05, 0) is 39.5 Å². The Balaban J connectivity index is 2.03. The fourth-order valence-electron chi connectivity index (χ4n) is 2.67. The average molecular weight is 260 g/mol. The molecule has 1 aromatic heterocycles. The molecular formula is C15H24N4. The molecule has 19 heavy (non-hydrogen) atoms. The van der Waals surface area contributed by atoms with Crippen molar-refractivity contribution in [3.8, 4) is 6.07 Å². The molecule has 0 amide bonds. The maximum atomic E-state index is 9.44. The standard InChI is InChI=1S/C15H24N4/c1-4-5-14-17-8-9-19(14)12(2)10-15(3,11-16)18-13-6-7-13/h8-9,12-13,18H,4-7,10H2,1-3H3. The van der Waals surface area contributed by atoms with Crippen LogP contribution in [-0.2, 0) is 6.42 Å². The van der Waals surface area contributed by atoms with Gasteiger partial charge in [0.05, 0.1) is 6.07 Å². The lowest BCUT2D eigenvalue weighted by molar-refractivity contribution is 0.340. The fraction of sp³-hybridized carbons (Fsp3) is 0.733. The van der Waals surface area contributed by atoms with Gasteiger partial charge in [0.1, 0.15) is 11.4 Å². The normalized spacial score (nSPS) is 19.7. The molecule has 0 bridgehead atoms. The molecule has 1 saturated carbocycles. The Morgan fingerprint density at radius 2 is 2.37 bits per heavy atom. The number of rotatable bonds is 7. The van der Waals surface area contributed by atoms with E-state index in [1.807, 2.05) is 19.3 Å². The first-order valence-electron chi connectivity index (χ1n) is 7.28. The maximum absolute atomic E-state index is 9.44. The van der Waals surface area contributed by atoms with E-state index in [0.29, 0.717) is 12.1 Å². The Morgan fingerprint density at radius 3 is 2.95 bits per heavy atom. The first kappa shape index (κ1) is 14.1. The summed E-state index contributed by atoms with van der Waals surface area (Å²) in [5.41, 5.74) is -0.436. The largest absolute Gasteiger partial charge is 0.332 e. The van der Waals surface area contributed by atoms with E-state index in [2.05, 4.69) is 34.8 Å². The van der Waals surface area contributed by atoms with Crippen LogP contribution in [-0.4, -0.2) is 21.1 Å². The predicted octanol–water partition coefficient (Wildman–Crippen LogP) is 2.82. The van der Waals surface area contributed by atoms with Crippen molar-refractivity contribution in [3.05, 3.63) is 18.2 Å². The molecule has 2 atom stereocenters. The molecule has 4 nitrogen and oxygen atoms in total. The summed E-state index contributed by atoms with van der Waals surface area (Å²) in [6, 6.07) is 3.29. The summed E-state index contributed by atoms with van der Waals surface area (Å²) >= 11 is 0. The zero-order valence-corrected chi connectivity index (χ0v) is 12.2. The number of aryl methyl sites for hydroxylation is 1. The molecule has 0 aromatic carbocycles. The number of aromatic nitrogens is 2. The summed E-state index contributed by atoms with van der Waals surface area (Å²) in [7, 11) is 0. The molecule has 1 fully saturated rings. The molecule has 0 spiro atoms. The van der Waals surface area contributed by atoms with Gasteiger partial charge in [0.25, 0.3) is 0 Å². The van der Waals surface area contributed by atoms with E-state index >= 15 is 0 Å². The lowest BCUT2D eigenvalue weighted by Gasteiger charge is -2.28. The number of nitrogens with zero attached hydrogens (tertiary/aromatic N) is 3. The molecule has 2 rings (SSSR count). The van der Waals surface area contributed by atoms with Gasteiger partial charge in [-0.25, -0.2) is 4.98 Å². The minimum atomic E-state index is -0.436. The van der Waals surface area contributed by atoms with Gasteiger partial charge in [-0.2, -0.15) is 5.26 Å². The SMILES string of the molecule is CCCc1nccn1C(C)CC(C)(C#N)NC1CC1. The molecule has 0 saturated heterocycles. The van der Waals surface area contributed by atoms with Gasteiger partial charge in [0.2, 0.25) is 0 Å². The van der Waals surface area contributed by atoms with Gasteiger partial charge in [0, 0.05) is 30.9 Å². The van der Waals surface area contributed by atoms with Crippen LogP contribution >= 0.6 is 0 Å². The van der Waals surface area contributed by atoms with E-state index < -0.39 is 5.54 Å². The molecular weight excluding hydrogens is 236 g/mol. The monoisotopic (exact) mass is 260 g/mol. The van der Waals surface area contributed by atoms with Crippen LogP contribution in [0.2, 0.25) is 0 Å². The zero-order chi connectivity index (χ0) is 13.9. The number of hydrogen-bond acceptors (Lipinski definition) is 3. The highest BCUT2D eigenvalue weighted by Crippen LogP contribution is 2.27. The van der Waals surface area contributed by atoms with E-state index in [0.717, 1.165) is 25.1 Å². The number of nitriles is 1. The minimum absolute atomic E-state index is 0.292. The molecule has 4 heteroatoms. The molecule has 104 valence electrons. The summed E-state index contributed by atoms with van der Waals surface area (Å²) in [4.78, 5) is 4.42. The highest BCUT2D eigenvalue weighted by Gasteiger charge is 2.34. The van der Waals surface area contributed by atoms with E-state index in [-0.39, 0.29) is 0 Å². The van der Waals surface area contributed by atoms with Crippen LogP contribution in [0.25, 0.3) is 0 Å². The van der Waals surface area contributed by atoms with Gasteiger partial charge in [-0.3, -0.25) is 5.32 Å². The van der Waals surface area contributed by atoms with Crippen molar-refractivity contribution in [3.63, 3.8) is 0 Å². The van der Waals surface area contributed by atoms with Gasteiger partial charge >= 0.3 is 0 Å². The lowest BCUT2D eigenvalue weighted by atomic mass is 9.94. The molecule has 1 N–H and O–H groups in total. The van der Waals surface area contributed by atoms with Crippen LogP contribution in [0.1, 0.15) is 58.3 Å². The number of hydrogen-bond donors (Lipinski definition) is 1. The highest BCUT2D eigenvalue weighted by molar-refractivity contribution is 5.09. The third kappa shape index (κ3) is 3.57. The van der Waals surface area contributed by atoms with Crippen molar-refractivity contribution >= 4 is 0 Å². The third-order valence-electron chi connectivity index (χ3n) is 3.75. The number of nitrogens with one attached hydrogen (secondary N) is 1. The lowest BCUT2D eigenvalue weighted by Crippen LogP contribution is -2.44. The summed E-state index contributed by atoms with van der Waals surface area (Å²) in [5.74, 6) is 1.13. The topological polar surface area (TPSA) is 53.6 Å². The summed E-state index contributed by atoms with van der Waals surface area (Å²) in [6.45, 7) is 6.35. The zero-order valence-electron chi connectivity index (χ0n) is 12.2. The van der Waals surface area contributed by atoms with Crippen LogP contribution in [0.3, 0.4) is 0 Å². The van der Waals surface area contributed by atoms with Crippen LogP contribution in [0.15, 0.2) is 12.4 Å². The molecule has 1 aliphatic rings. The van der Waals surface area contributed by atoms with Crippen LogP contribution in [0, 0.1) is 11.3 Å². The van der Waals surface area contributed by atoms with Crippen molar-refractivity contribution in [2.24, 2.45) is 0 Å². The Bertz CT molecular complexity index is 455. The molecule has 1 heterocycles. The Morgan fingerprint density at radius 1 is 1.63 bits per heavy atom. The first-order chi connectivity index (χ1) is 9.08.